The van der Waals surface area contributed by atoms with Crippen molar-refractivity contribution in [2.24, 2.45) is 10.8 Å². The first-order chi connectivity index (χ1) is 8.00. The highest BCUT2D eigenvalue weighted by atomic mass is 19.1. The predicted molar refractivity (Wildman–Crippen MR) is 58.0 cm³/mol. The number of urea groups is 1. The highest BCUT2D eigenvalue weighted by Crippen LogP contribution is 2.19. The maximum Gasteiger partial charge on any atom is 0.332 e. The summed E-state index contributed by atoms with van der Waals surface area (Å²) in [5.74, 6) is -0.687. The molecule has 0 aliphatic carbocycles. The summed E-state index contributed by atoms with van der Waals surface area (Å²) in [6.45, 7) is 0. The van der Waals surface area contributed by atoms with Crippen molar-refractivity contribution in [1.29, 1.82) is 0 Å². The number of nitro groups is 1. The quantitative estimate of drug-likeness (QED) is 0.463. The van der Waals surface area contributed by atoms with E-state index in [4.69, 9.17) is 5.73 Å². The molecule has 0 saturated heterocycles. The van der Waals surface area contributed by atoms with Gasteiger partial charge in [0.2, 0.25) is 0 Å². The maximum atomic E-state index is 12.8. The van der Waals surface area contributed by atoms with Crippen molar-refractivity contribution in [3.63, 3.8) is 0 Å². The van der Waals surface area contributed by atoms with Gasteiger partial charge in [0.05, 0.1) is 11.0 Å². The van der Waals surface area contributed by atoms with Crippen molar-refractivity contribution in [3.05, 3.63) is 39.7 Å². The molecule has 1 aromatic carbocycles. The van der Waals surface area contributed by atoms with Crippen LogP contribution in [0.25, 0.3) is 0 Å². The highest BCUT2D eigenvalue weighted by Gasteiger charge is 2.13. The van der Waals surface area contributed by atoms with Gasteiger partial charge in [0, 0.05) is 18.2 Å². The Kier molecular flexibility index (Phi) is 4.09. The fourth-order valence-corrected chi connectivity index (χ4v) is 1.13. The average Bonchev–Trinajstić information content (AvgIpc) is 2.25. The fourth-order valence-electron chi connectivity index (χ4n) is 1.13. The summed E-state index contributed by atoms with van der Waals surface area (Å²) in [5, 5.41) is 14.0. The first-order valence-corrected chi connectivity index (χ1v) is 4.50. The molecule has 0 radical (unpaired) electrons. The van der Waals surface area contributed by atoms with E-state index in [0.29, 0.717) is 0 Å². The molecule has 0 saturated carbocycles. The van der Waals surface area contributed by atoms with Crippen LogP contribution < -0.4 is 11.2 Å². The summed E-state index contributed by atoms with van der Waals surface area (Å²) >= 11 is 0. The van der Waals surface area contributed by atoms with Crippen LogP contribution in [0.4, 0.5) is 14.9 Å². The Bertz CT molecular complexity index is 475. The molecule has 0 unspecified atom stereocenters. The van der Waals surface area contributed by atoms with Crippen LogP contribution in [0.3, 0.4) is 0 Å². The number of hydrogen-bond acceptors (Lipinski definition) is 4. The minimum absolute atomic E-state index is 0.0802. The molecule has 90 valence electrons. The number of carbonyl (C=O) groups excluding carboxylic acids is 1. The van der Waals surface area contributed by atoms with Crippen LogP contribution in [0.2, 0.25) is 0 Å². The van der Waals surface area contributed by atoms with Crippen LogP contribution in [0.1, 0.15) is 5.56 Å². The lowest BCUT2D eigenvalue weighted by Gasteiger charge is -1.99. The number of halogens is 1. The number of hydrazone groups is 1. The molecule has 1 aromatic rings. The van der Waals surface area contributed by atoms with Gasteiger partial charge in [-0.1, -0.05) is 0 Å². The summed E-state index contributed by atoms with van der Waals surface area (Å²) in [6.07, 6.45) is 1.31. The first kappa shape index (κ1) is 12.6. The van der Waals surface area contributed by atoms with Crippen LogP contribution in [-0.4, -0.2) is 17.2 Å². The van der Waals surface area contributed by atoms with Gasteiger partial charge in [0.1, 0.15) is 5.82 Å². The van der Waals surface area contributed by atoms with Gasteiger partial charge >= 0.3 is 6.03 Å². The summed E-state index contributed by atoms with van der Waals surface area (Å²) in [6, 6.07) is 2.38. The van der Waals surface area contributed by atoms with Crippen molar-refractivity contribution < 1.29 is 14.1 Å². The number of benzene rings is 1. The smallest absolute Gasteiger partial charge is 0.332 e. The number of nitrogens with one attached hydrogen (secondary N) is 1. The number of hydrogen-bond donors (Lipinski definition) is 2. The number of primary amides is 1. The maximum absolute atomic E-state index is 12.8. The van der Waals surface area contributed by atoms with Crippen molar-refractivity contribution in [2.45, 2.75) is 6.42 Å². The lowest BCUT2D eigenvalue weighted by atomic mass is 10.1. The Morgan fingerprint density at radius 2 is 2.35 bits per heavy atom. The predicted octanol–water partition coefficient (Wildman–Crippen LogP) is 0.930. The molecule has 0 heterocycles. The van der Waals surface area contributed by atoms with Gasteiger partial charge in [-0.2, -0.15) is 5.10 Å². The van der Waals surface area contributed by atoms with Crippen molar-refractivity contribution in [1.82, 2.24) is 5.43 Å². The van der Waals surface area contributed by atoms with E-state index in [9.17, 15) is 19.3 Å². The van der Waals surface area contributed by atoms with Crippen LogP contribution >= 0.6 is 0 Å². The third kappa shape index (κ3) is 3.86. The SMILES string of the molecule is NC(=O)NN=CCc1ccc(F)cc1[N+](=O)[O-]. The molecule has 8 heteroatoms. The Balaban J connectivity index is 2.80. The molecule has 0 fully saturated rings. The number of amides is 2. The van der Waals surface area contributed by atoms with Gasteiger partial charge in [-0.15, -0.1) is 0 Å². The molecule has 0 aliphatic rings. The number of carbonyl (C=O) groups is 1. The molecule has 0 atom stereocenters. The zero-order valence-corrected chi connectivity index (χ0v) is 8.59. The van der Waals surface area contributed by atoms with Crippen LogP contribution in [0.15, 0.2) is 23.3 Å². The Hall–Kier alpha value is -2.51. The molecule has 3 N–H and O–H groups in total. The standard InChI is InChI=1S/C9H9FN4O3/c10-7-2-1-6(8(5-7)14(16)17)3-4-12-13-9(11)15/h1-2,4-5H,3H2,(H3,11,13,15). The van der Waals surface area contributed by atoms with Crippen molar-refractivity contribution >= 4 is 17.9 Å². The van der Waals surface area contributed by atoms with E-state index in [1.54, 1.807) is 0 Å². The lowest BCUT2D eigenvalue weighted by molar-refractivity contribution is -0.385. The highest BCUT2D eigenvalue weighted by molar-refractivity contribution is 5.73. The molecule has 2 amide bonds. The van der Waals surface area contributed by atoms with Gasteiger partial charge in [0.15, 0.2) is 0 Å². The summed E-state index contributed by atoms with van der Waals surface area (Å²) in [5.41, 5.74) is 6.63. The molecule has 1 rings (SSSR count). The van der Waals surface area contributed by atoms with Crippen molar-refractivity contribution in [2.75, 3.05) is 0 Å². The van der Waals surface area contributed by atoms with Crippen molar-refractivity contribution in [3.8, 4) is 0 Å². The molecule has 0 aromatic heterocycles. The van der Waals surface area contributed by atoms with Gasteiger partial charge in [0.25, 0.3) is 5.69 Å². The zero-order chi connectivity index (χ0) is 12.8. The third-order valence-electron chi connectivity index (χ3n) is 1.82. The topological polar surface area (TPSA) is 111 Å². The van der Waals surface area contributed by atoms with Gasteiger partial charge in [-0.25, -0.2) is 14.6 Å². The summed E-state index contributed by atoms with van der Waals surface area (Å²) < 4.78 is 12.8. The van der Waals surface area contributed by atoms with E-state index in [2.05, 4.69) is 5.10 Å². The zero-order valence-electron chi connectivity index (χ0n) is 8.59. The molecule has 7 nitrogen and oxygen atoms in total. The van der Waals surface area contributed by atoms with Crippen LogP contribution in [0, 0.1) is 15.9 Å². The molecule has 0 bridgehead atoms. The second kappa shape index (κ2) is 5.54. The van der Waals surface area contributed by atoms with Gasteiger partial charge in [-0.3, -0.25) is 10.1 Å². The normalized spacial score (nSPS) is 10.4. The van der Waals surface area contributed by atoms with E-state index in [1.807, 2.05) is 5.43 Å². The second-order valence-corrected chi connectivity index (χ2v) is 3.02. The lowest BCUT2D eigenvalue weighted by Crippen LogP contribution is -2.24. The monoisotopic (exact) mass is 240 g/mol. The third-order valence-corrected chi connectivity index (χ3v) is 1.82. The average molecular weight is 240 g/mol. The molecular weight excluding hydrogens is 231 g/mol. The molecular formula is C9H9FN4O3. The number of nitrogens with zero attached hydrogens (tertiary/aromatic N) is 2. The largest absolute Gasteiger partial charge is 0.350 e. The van der Waals surface area contributed by atoms with Crippen LogP contribution in [-0.2, 0) is 6.42 Å². The minimum atomic E-state index is -0.838. The Labute approximate surface area is 95.3 Å². The Morgan fingerprint density at radius 3 is 2.94 bits per heavy atom. The van der Waals surface area contributed by atoms with E-state index in [0.717, 1.165) is 12.1 Å². The summed E-state index contributed by atoms with van der Waals surface area (Å²) in [7, 11) is 0. The van der Waals surface area contributed by atoms with Gasteiger partial charge in [-0.05, 0) is 12.1 Å². The summed E-state index contributed by atoms with van der Waals surface area (Å²) in [4.78, 5) is 20.2. The van der Waals surface area contributed by atoms with E-state index >= 15 is 0 Å². The number of nitro benzene ring substituents is 1. The number of rotatable bonds is 4. The molecule has 0 spiro atoms. The Morgan fingerprint density at radius 1 is 1.65 bits per heavy atom. The fraction of sp³-hybridized carbons (Fsp3) is 0.111. The minimum Gasteiger partial charge on any atom is -0.350 e. The molecule has 17 heavy (non-hydrogen) atoms. The van der Waals surface area contributed by atoms with Crippen LogP contribution in [0.5, 0.6) is 0 Å². The van der Waals surface area contributed by atoms with Gasteiger partial charge < -0.3 is 5.73 Å². The number of nitrogens with two attached hydrogens (primary N) is 1. The van der Waals surface area contributed by atoms with E-state index < -0.39 is 16.8 Å². The van der Waals surface area contributed by atoms with E-state index in [1.165, 1.54) is 12.3 Å². The molecule has 0 aliphatic heterocycles. The second-order valence-electron chi connectivity index (χ2n) is 3.02. The first-order valence-electron chi connectivity index (χ1n) is 4.50. The van der Waals surface area contributed by atoms with E-state index in [-0.39, 0.29) is 17.7 Å².